The summed E-state index contributed by atoms with van der Waals surface area (Å²) in [4.78, 5) is 10.0. The number of allylic oxidation sites excluding steroid dienone is 1. The van der Waals surface area contributed by atoms with Crippen LogP contribution in [0.1, 0.15) is 13.8 Å². The smallest absolute Gasteiger partial charge is 0.227 e. The van der Waals surface area contributed by atoms with Crippen molar-refractivity contribution in [3.05, 3.63) is 9.52 Å². The normalized spacial score (nSPS) is 33.8. The molecule has 0 N–H and O–H groups in total. The second-order valence-electron chi connectivity index (χ2n) is 3.74. The van der Waals surface area contributed by atoms with E-state index in [-0.39, 0.29) is 9.52 Å². The molecule has 1 aliphatic rings. The number of halogens is 5. The molecule has 0 aromatic heterocycles. The maximum atomic E-state index is 11.1. The first-order valence-corrected chi connectivity index (χ1v) is 5.65. The Balaban J connectivity index is 3.13. The number of alkyl halides is 1. The molecule has 0 unspecified atom stereocenters. The predicted octanol–water partition coefficient (Wildman–Crippen LogP) is 4.27. The highest BCUT2D eigenvalue weighted by molar-refractivity contribution is 6.67. The van der Waals surface area contributed by atoms with E-state index in [1.54, 1.807) is 13.8 Å². The van der Waals surface area contributed by atoms with Gasteiger partial charge in [0.05, 0.1) is 15.8 Å². The van der Waals surface area contributed by atoms with Gasteiger partial charge in [-0.1, -0.05) is 48.7 Å². The molecule has 1 saturated carbocycles. The molecule has 0 spiro atoms. The van der Waals surface area contributed by atoms with Crippen LogP contribution in [0, 0.1) is 11.3 Å². The van der Waals surface area contributed by atoms with Crippen LogP contribution in [0.15, 0.2) is 9.52 Å². The van der Waals surface area contributed by atoms with Crippen molar-refractivity contribution in [2.24, 2.45) is 11.3 Å². The molecule has 0 aromatic carbocycles. The van der Waals surface area contributed by atoms with Crippen LogP contribution in [0.2, 0.25) is 0 Å². The van der Waals surface area contributed by atoms with Crippen molar-refractivity contribution in [3.63, 3.8) is 0 Å². The Labute approximate surface area is 107 Å². The lowest BCUT2D eigenvalue weighted by molar-refractivity contribution is -0.113. The maximum absolute atomic E-state index is 11.1. The molecule has 1 fully saturated rings. The fourth-order valence-electron chi connectivity index (χ4n) is 1.70. The lowest BCUT2D eigenvalue weighted by Crippen LogP contribution is -2.10. The van der Waals surface area contributed by atoms with E-state index in [9.17, 15) is 4.79 Å². The molecule has 0 bridgehead atoms. The Hall–Kier alpha value is 0.860. The molecule has 80 valence electrons. The van der Waals surface area contributed by atoms with Gasteiger partial charge >= 0.3 is 0 Å². The summed E-state index contributed by atoms with van der Waals surface area (Å²) in [6.07, 6.45) is 0. The van der Waals surface area contributed by atoms with Crippen LogP contribution in [-0.2, 0) is 4.79 Å². The van der Waals surface area contributed by atoms with Gasteiger partial charge in [-0.15, -0.1) is 11.6 Å². The Morgan fingerprint density at radius 1 is 1.14 bits per heavy atom. The lowest BCUT2D eigenvalue weighted by Gasteiger charge is -2.10. The summed E-state index contributed by atoms with van der Waals surface area (Å²) in [6.45, 7) is 3.56. The number of hydrogen-bond acceptors (Lipinski definition) is 1. The zero-order valence-corrected chi connectivity index (χ0v) is 11.2. The average molecular weight is 296 g/mol. The van der Waals surface area contributed by atoms with Crippen LogP contribution < -0.4 is 0 Å². The van der Waals surface area contributed by atoms with Crippen LogP contribution in [-0.4, -0.2) is 10.1 Å². The number of carbonyl (C=O) groups is 1. The van der Waals surface area contributed by atoms with E-state index in [1.165, 1.54) is 0 Å². The molecule has 1 rings (SSSR count). The molecule has 0 aliphatic heterocycles. The van der Waals surface area contributed by atoms with Crippen LogP contribution >= 0.6 is 58.0 Å². The quantitative estimate of drug-likeness (QED) is 0.549. The fourth-order valence-corrected chi connectivity index (χ4v) is 3.46. The SMILES string of the molecule is CC1(C)[C@H](C(=O)Cl)[C@@]1(Cl)C(Cl)=C(Cl)Cl. The fraction of sp³-hybridized carbons (Fsp3) is 0.625. The molecule has 0 saturated heterocycles. The first kappa shape index (κ1) is 12.9. The van der Waals surface area contributed by atoms with E-state index in [1.807, 2.05) is 0 Å². The first-order chi connectivity index (χ1) is 6.17. The second-order valence-corrected chi connectivity index (χ2v) is 6.04. The minimum Gasteiger partial charge on any atom is -0.281 e. The molecule has 0 radical (unpaired) electrons. The van der Waals surface area contributed by atoms with Crippen molar-refractivity contribution in [1.29, 1.82) is 0 Å². The molecule has 0 aromatic rings. The highest BCUT2D eigenvalue weighted by atomic mass is 35.5. The zero-order chi connectivity index (χ0) is 11.3. The summed E-state index contributed by atoms with van der Waals surface area (Å²) in [7, 11) is 0. The molecular formula is C8H7Cl5O. The van der Waals surface area contributed by atoms with Crippen molar-refractivity contribution in [2.75, 3.05) is 0 Å². The van der Waals surface area contributed by atoms with Crippen molar-refractivity contribution < 1.29 is 4.79 Å². The Bertz CT molecular complexity index is 318. The van der Waals surface area contributed by atoms with Crippen molar-refractivity contribution in [3.8, 4) is 0 Å². The van der Waals surface area contributed by atoms with Gasteiger partial charge in [0, 0.05) is 5.41 Å². The maximum Gasteiger partial charge on any atom is 0.227 e. The standard InChI is InChI=1S/C8H7Cl5O/c1-7(2)3(6(12)14)8(7,13)4(9)5(10)11/h3H,1-2H3/t3-,8+/m0/s1. The van der Waals surface area contributed by atoms with E-state index < -0.39 is 21.4 Å². The van der Waals surface area contributed by atoms with Gasteiger partial charge in [0.1, 0.15) is 4.49 Å². The Morgan fingerprint density at radius 2 is 1.57 bits per heavy atom. The summed E-state index contributed by atoms with van der Waals surface area (Å²) in [5.41, 5.74) is -0.528. The van der Waals surface area contributed by atoms with Crippen molar-refractivity contribution >= 4 is 63.2 Å². The van der Waals surface area contributed by atoms with E-state index in [0.29, 0.717) is 0 Å². The zero-order valence-electron chi connectivity index (χ0n) is 7.38. The molecule has 14 heavy (non-hydrogen) atoms. The summed E-state index contributed by atoms with van der Waals surface area (Å²) in [5.74, 6) is -0.557. The van der Waals surface area contributed by atoms with Crippen LogP contribution in [0.4, 0.5) is 0 Å². The number of hydrogen-bond donors (Lipinski definition) is 0. The van der Waals surface area contributed by atoms with Crippen LogP contribution in [0.25, 0.3) is 0 Å². The number of carbonyl (C=O) groups excluding carboxylic acids is 1. The largest absolute Gasteiger partial charge is 0.281 e. The lowest BCUT2D eigenvalue weighted by atomic mass is 10.1. The van der Waals surface area contributed by atoms with Gasteiger partial charge in [-0.25, -0.2) is 0 Å². The van der Waals surface area contributed by atoms with Crippen LogP contribution in [0.5, 0.6) is 0 Å². The van der Waals surface area contributed by atoms with E-state index >= 15 is 0 Å². The first-order valence-electron chi connectivity index (χ1n) is 3.77. The van der Waals surface area contributed by atoms with Gasteiger partial charge in [0.15, 0.2) is 0 Å². The third kappa shape index (κ3) is 1.58. The molecule has 1 nitrogen and oxygen atoms in total. The summed E-state index contributed by atoms with van der Waals surface area (Å²) in [6, 6.07) is 0. The summed E-state index contributed by atoms with van der Waals surface area (Å²) < 4.78 is -0.129. The van der Waals surface area contributed by atoms with E-state index in [4.69, 9.17) is 58.0 Å². The van der Waals surface area contributed by atoms with E-state index in [0.717, 1.165) is 0 Å². The van der Waals surface area contributed by atoms with Gasteiger partial charge in [0.25, 0.3) is 0 Å². The van der Waals surface area contributed by atoms with Crippen molar-refractivity contribution in [2.45, 2.75) is 18.7 Å². The molecule has 0 heterocycles. The highest BCUT2D eigenvalue weighted by Crippen LogP contribution is 2.71. The van der Waals surface area contributed by atoms with Gasteiger partial charge in [-0.2, -0.15) is 0 Å². The second kappa shape index (κ2) is 3.71. The van der Waals surface area contributed by atoms with Gasteiger partial charge < -0.3 is 0 Å². The van der Waals surface area contributed by atoms with Gasteiger partial charge in [0.2, 0.25) is 5.24 Å². The van der Waals surface area contributed by atoms with Gasteiger partial charge in [-0.05, 0) is 11.6 Å². The van der Waals surface area contributed by atoms with Crippen LogP contribution in [0.3, 0.4) is 0 Å². The summed E-state index contributed by atoms with van der Waals surface area (Å²) >= 11 is 28.5. The minimum atomic E-state index is -1.06. The predicted molar refractivity (Wildman–Crippen MR) is 61.3 cm³/mol. The van der Waals surface area contributed by atoms with Gasteiger partial charge in [-0.3, -0.25) is 4.79 Å². The molecule has 0 amide bonds. The molecule has 1 aliphatic carbocycles. The van der Waals surface area contributed by atoms with Crippen molar-refractivity contribution in [1.82, 2.24) is 0 Å². The molecule has 2 atom stereocenters. The molecular weight excluding hydrogens is 289 g/mol. The topological polar surface area (TPSA) is 17.1 Å². The minimum absolute atomic E-state index is 0.0755. The third-order valence-corrected chi connectivity index (χ3v) is 4.95. The monoisotopic (exact) mass is 294 g/mol. The number of rotatable bonds is 2. The van der Waals surface area contributed by atoms with E-state index in [2.05, 4.69) is 0 Å². The third-order valence-electron chi connectivity index (χ3n) is 2.69. The summed E-state index contributed by atoms with van der Waals surface area (Å²) in [5, 5.41) is -0.454. The average Bonchev–Trinajstić information content (AvgIpc) is 2.45. The Morgan fingerprint density at radius 3 is 1.79 bits per heavy atom. The highest BCUT2D eigenvalue weighted by Gasteiger charge is 2.75. The molecule has 6 heteroatoms. The Kier molecular flexibility index (Phi) is 3.42.